The van der Waals surface area contributed by atoms with Crippen molar-refractivity contribution in [3.8, 4) is 18.2 Å². The van der Waals surface area contributed by atoms with Crippen LogP contribution in [0.1, 0.15) is 16.1 Å². The number of rotatable bonds is 6. The predicted molar refractivity (Wildman–Crippen MR) is 101 cm³/mol. The second-order valence-corrected chi connectivity index (χ2v) is 6.20. The fourth-order valence-electron chi connectivity index (χ4n) is 2.75. The summed E-state index contributed by atoms with van der Waals surface area (Å²) in [7, 11) is 0. The van der Waals surface area contributed by atoms with Gasteiger partial charge in [0.25, 0.3) is 12.3 Å². The van der Waals surface area contributed by atoms with E-state index < -0.39 is 35.9 Å². The first-order valence-electron chi connectivity index (χ1n) is 8.55. The number of nitrogens with zero attached hydrogens (tertiary/aromatic N) is 3. The first kappa shape index (κ1) is 21.1. The lowest BCUT2D eigenvalue weighted by Crippen LogP contribution is -2.45. The number of amidine groups is 1. The Morgan fingerprint density at radius 2 is 2.20 bits per heavy atom. The highest BCUT2D eigenvalue weighted by Crippen LogP contribution is 2.38. The summed E-state index contributed by atoms with van der Waals surface area (Å²) in [5, 5.41) is 2.45. The van der Waals surface area contributed by atoms with Crippen LogP contribution in [0.15, 0.2) is 35.6 Å². The van der Waals surface area contributed by atoms with Gasteiger partial charge >= 0.3 is 0 Å². The lowest BCUT2D eigenvalue weighted by Gasteiger charge is -2.33. The van der Waals surface area contributed by atoms with Crippen LogP contribution in [0.5, 0.6) is 5.88 Å². The lowest BCUT2D eigenvalue weighted by atomic mass is 9.90. The molecule has 0 bridgehead atoms. The average Bonchev–Trinajstić information content (AvgIpc) is 2.73. The smallest absolute Gasteiger partial charge is 0.275 e. The topological polar surface area (TPSA) is 112 Å². The molecule has 0 saturated heterocycles. The number of anilines is 1. The number of aliphatic imine (C=N–C) groups is 1. The molecular formula is C19H16F3N5O3. The molecule has 3 N–H and O–H groups in total. The van der Waals surface area contributed by atoms with Crippen molar-refractivity contribution in [1.82, 2.24) is 9.97 Å². The predicted octanol–water partition coefficient (Wildman–Crippen LogP) is 1.73. The molecule has 0 spiro atoms. The van der Waals surface area contributed by atoms with Crippen molar-refractivity contribution in [3.63, 3.8) is 0 Å². The largest absolute Gasteiger partial charge is 0.463 e. The third kappa shape index (κ3) is 4.33. The lowest BCUT2D eigenvalue weighted by molar-refractivity contribution is -0.0145. The van der Waals surface area contributed by atoms with Gasteiger partial charge in [-0.1, -0.05) is 5.92 Å². The summed E-state index contributed by atoms with van der Waals surface area (Å²) >= 11 is 0. The SMILES string of the molecule is C#CCOc1cnc(C(=O)Nc2ccc(F)c(C3(C(F)F)COCC(N)=N3)c2)cn1. The summed E-state index contributed by atoms with van der Waals surface area (Å²) in [6.07, 6.45) is 4.31. The maximum Gasteiger partial charge on any atom is 0.275 e. The molecule has 0 aliphatic carbocycles. The summed E-state index contributed by atoms with van der Waals surface area (Å²) < 4.78 is 52.3. The number of amides is 1. The van der Waals surface area contributed by atoms with Crippen molar-refractivity contribution in [2.45, 2.75) is 12.0 Å². The molecule has 1 amide bonds. The van der Waals surface area contributed by atoms with E-state index in [1.165, 1.54) is 12.3 Å². The molecule has 3 rings (SSSR count). The van der Waals surface area contributed by atoms with Crippen molar-refractivity contribution in [2.75, 3.05) is 25.1 Å². The van der Waals surface area contributed by atoms with E-state index >= 15 is 0 Å². The number of nitrogens with two attached hydrogens (primary N) is 1. The molecule has 1 atom stereocenters. The van der Waals surface area contributed by atoms with Gasteiger partial charge in [0.05, 0.1) is 19.0 Å². The van der Waals surface area contributed by atoms with Gasteiger partial charge in [0.15, 0.2) is 12.1 Å². The summed E-state index contributed by atoms with van der Waals surface area (Å²) in [5.74, 6) is 0.564. The molecule has 8 nitrogen and oxygen atoms in total. The van der Waals surface area contributed by atoms with E-state index in [4.69, 9.17) is 21.6 Å². The van der Waals surface area contributed by atoms with E-state index in [1.807, 2.05) is 0 Å². The highest BCUT2D eigenvalue weighted by Gasteiger charge is 2.46. The molecule has 156 valence electrons. The third-order valence-electron chi connectivity index (χ3n) is 4.13. The Kier molecular flexibility index (Phi) is 6.17. The van der Waals surface area contributed by atoms with Crippen LogP contribution in [-0.4, -0.2) is 48.0 Å². The highest BCUT2D eigenvalue weighted by atomic mass is 19.3. The fourth-order valence-corrected chi connectivity index (χ4v) is 2.75. The minimum atomic E-state index is -3.10. The zero-order valence-corrected chi connectivity index (χ0v) is 15.4. The first-order valence-corrected chi connectivity index (χ1v) is 8.55. The molecule has 0 fully saturated rings. The summed E-state index contributed by atoms with van der Waals surface area (Å²) in [5.41, 5.74) is 2.73. The summed E-state index contributed by atoms with van der Waals surface area (Å²) in [6, 6.07) is 3.21. The number of hydrogen-bond donors (Lipinski definition) is 2. The maximum atomic E-state index is 14.4. The van der Waals surface area contributed by atoms with Crippen LogP contribution < -0.4 is 15.8 Å². The Morgan fingerprint density at radius 1 is 1.40 bits per heavy atom. The molecule has 30 heavy (non-hydrogen) atoms. The highest BCUT2D eigenvalue weighted by molar-refractivity contribution is 6.02. The number of hydrogen-bond acceptors (Lipinski definition) is 7. The first-order chi connectivity index (χ1) is 14.4. The minimum Gasteiger partial charge on any atom is -0.463 e. The normalized spacial score (nSPS) is 18.4. The van der Waals surface area contributed by atoms with Crippen LogP contribution in [0, 0.1) is 18.2 Å². The Labute approximate surface area is 169 Å². The van der Waals surface area contributed by atoms with Crippen molar-refractivity contribution in [1.29, 1.82) is 0 Å². The standard InChI is InChI=1S/C19H16F3N5O3/c1-2-5-30-16-8-24-14(7-25-16)17(28)26-11-3-4-13(20)12(6-11)19(18(21)22)10-29-9-15(23)27-19/h1,3-4,6-8,18H,5,9-10H2,(H2,23,27)(H,26,28). The third-order valence-corrected chi connectivity index (χ3v) is 4.13. The van der Waals surface area contributed by atoms with Crippen LogP contribution >= 0.6 is 0 Å². The minimum absolute atomic E-state index is 0.0127. The van der Waals surface area contributed by atoms with Gasteiger partial charge in [0.2, 0.25) is 5.88 Å². The molecule has 0 radical (unpaired) electrons. The summed E-state index contributed by atoms with van der Waals surface area (Å²) in [4.78, 5) is 23.9. The van der Waals surface area contributed by atoms with Crippen LogP contribution in [0.25, 0.3) is 0 Å². The molecular weight excluding hydrogens is 403 g/mol. The molecule has 2 aromatic rings. The van der Waals surface area contributed by atoms with E-state index in [1.54, 1.807) is 0 Å². The van der Waals surface area contributed by atoms with E-state index in [-0.39, 0.29) is 36.3 Å². The van der Waals surface area contributed by atoms with Crippen molar-refractivity contribution in [3.05, 3.63) is 47.7 Å². The van der Waals surface area contributed by atoms with Crippen LogP contribution in [0.2, 0.25) is 0 Å². The number of alkyl halides is 2. The van der Waals surface area contributed by atoms with Gasteiger partial charge in [-0.2, -0.15) is 0 Å². The second-order valence-electron chi connectivity index (χ2n) is 6.20. The second kappa shape index (κ2) is 8.79. The number of nitrogens with one attached hydrogen (secondary N) is 1. The Balaban J connectivity index is 1.85. The Hall–Kier alpha value is -3.65. The van der Waals surface area contributed by atoms with Crippen LogP contribution in [-0.2, 0) is 10.3 Å². The van der Waals surface area contributed by atoms with Gasteiger partial charge in [0, 0.05) is 11.3 Å². The quantitative estimate of drug-likeness (QED) is 0.690. The number of benzene rings is 1. The number of halogens is 3. The molecule has 11 heteroatoms. The van der Waals surface area contributed by atoms with Gasteiger partial charge in [0.1, 0.15) is 24.0 Å². The number of carbonyl (C=O) groups excluding carboxylic acids is 1. The Bertz CT molecular complexity index is 1010. The zero-order chi connectivity index (χ0) is 21.7. The zero-order valence-electron chi connectivity index (χ0n) is 15.4. The molecule has 1 aliphatic rings. The molecule has 1 aliphatic heterocycles. The van der Waals surface area contributed by atoms with Crippen molar-refractivity contribution in [2.24, 2.45) is 10.7 Å². The van der Waals surface area contributed by atoms with Crippen molar-refractivity contribution >= 4 is 17.4 Å². The number of carbonyl (C=O) groups is 1. The van der Waals surface area contributed by atoms with E-state index in [9.17, 15) is 18.0 Å². The van der Waals surface area contributed by atoms with Crippen molar-refractivity contribution < 1.29 is 27.4 Å². The number of aromatic nitrogens is 2. The number of terminal acetylenes is 1. The molecule has 0 saturated carbocycles. The van der Waals surface area contributed by atoms with E-state index in [0.29, 0.717) is 0 Å². The molecule has 1 unspecified atom stereocenters. The monoisotopic (exact) mass is 419 g/mol. The van der Waals surface area contributed by atoms with Crippen LogP contribution in [0.4, 0.5) is 18.9 Å². The van der Waals surface area contributed by atoms with Crippen LogP contribution in [0.3, 0.4) is 0 Å². The molecule has 1 aromatic heterocycles. The molecule has 2 heterocycles. The average molecular weight is 419 g/mol. The molecule has 1 aromatic carbocycles. The van der Waals surface area contributed by atoms with Gasteiger partial charge in [-0.05, 0) is 18.2 Å². The summed E-state index contributed by atoms with van der Waals surface area (Å²) in [6.45, 7) is -0.711. The Morgan fingerprint density at radius 3 is 2.83 bits per heavy atom. The van der Waals surface area contributed by atoms with Gasteiger partial charge in [-0.25, -0.2) is 23.1 Å². The van der Waals surface area contributed by atoms with Gasteiger partial charge < -0.3 is 20.5 Å². The maximum absolute atomic E-state index is 14.4. The van der Waals surface area contributed by atoms with Gasteiger partial charge in [-0.3, -0.25) is 9.79 Å². The van der Waals surface area contributed by atoms with E-state index in [0.717, 1.165) is 18.3 Å². The fraction of sp³-hybridized carbons (Fsp3) is 0.263. The van der Waals surface area contributed by atoms with Gasteiger partial charge in [-0.15, -0.1) is 6.42 Å². The van der Waals surface area contributed by atoms with E-state index in [2.05, 4.69) is 26.2 Å². The number of ether oxygens (including phenoxy) is 2.